The van der Waals surface area contributed by atoms with Gasteiger partial charge in [-0.05, 0) is 40.6 Å². The molecule has 0 aliphatic heterocycles. The Morgan fingerprint density at radius 1 is 0.920 bits per heavy atom. The summed E-state index contributed by atoms with van der Waals surface area (Å²) in [7, 11) is 0. The molecule has 0 amide bonds. The molecule has 1 heterocycles. The molecular formula is C21H15FN2O. The van der Waals surface area contributed by atoms with Crippen LogP contribution in [-0.2, 0) is 6.54 Å². The van der Waals surface area contributed by atoms with Crippen molar-refractivity contribution < 1.29 is 4.39 Å². The van der Waals surface area contributed by atoms with Gasteiger partial charge in [-0.15, -0.1) is 0 Å². The molecule has 0 bridgehead atoms. The third-order valence-electron chi connectivity index (χ3n) is 4.24. The summed E-state index contributed by atoms with van der Waals surface area (Å²) in [5.41, 5.74) is 2.19. The summed E-state index contributed by atoms with van der Waals surface area (Å²) in [6.07, 6.45) is 1.54. The fourth-order valence-corrected chi connectivity index (χ4v) is 2.94. The van der Waals surface area contributed by atoms with Crippen molar-refractivity contribution in [2.75, 3.05) is 0 Å². The molecule has 4 rings (SSSR count). The van der Waals surface area contributed by atoms with Crippen LogP contribution in [0.4, 0.5) is 4.39 Å². The van der Waals surface area contributed by atoms with Crippen LogP contribution in [0.15, 0.2) is 83.9 Å². The van der Waals surface area contributed by atoms with Gasteiger partial charge in [0.15, 0.2) is 0 Å². The second kappa shape index (κ2) is 6.32. The van der Waals surface area contributed by atoms with Crippen molar-refractivity contribution in [3.8, 4) is 11.3 Å². The highest BCUT2D eigenvalue weighted by molar-refractivity contribution is 5.85. The number of benzene rings is 3. The minimum Gasteiger partial charge on any atom is -0.295 e. The summed E-state index contributed by atoms with van der Waals surface area (Å²) in [6.45, 7) is 0.455. The fraction of sp³-hybridized carbons (Fsp3) is 0.0476. The lowest BCUT2D eigenvalue weighted by atomic mass is 10.0. The topological polar surface area (TPSA) is 34.9 Å². The third kappa shape index (κ3) is 3.06. The van der Waals surface area contributed by atoms with Gasteiger partial charge in [-0.25, -0.2) is 9.37 Å². The Morgan fingerprint density at radius 3 is 2.48 bits per heavy atom. The van der Waals surface area contributed by atoms with Crippen LogP contribution in [0.3, 0.4) is 0 Å². The van der Waals surface area contributed by atoms with Gasteiger partial charge in [-0.1, -0.05) is 42.5 Å². The molecule has 25 heavy (non-hydrogen) atoms. The van der Waals surface area contributed by atoms with Crippen molar-refractivity contribution in [1.82, 2.24) is 9.55 Å². The largest absolute Gasteiger partial charge is 0.295 e. The number of nitrogens with zero attached hydrogens (tertiary/aromatic N) is 2. The molecule has 4 aromatic rings. The molecule has 0 saturated heterocycles. The molecule has 4 heteroatoms. The zero-order valence-corrected chi connectivity index (χ0v) is 13.4. The van der Waals surface area contributed by atoms with Crippen LogP contribution in [0.25, 0.3) is 22.0 Å². The maximum atomic E-state index is 13.0. The van der Waals surface area contributed by atoms with E-state index in [0.29, 0.717) is 12.2 Å². The van der Waals surface area contributed by atoms with Gasteiger partial charge in [-0.3, -0.25) is 9.36 Å². The maximum absolute atomic E-state index is 13.0. The second-order valence-corrected chi connectivity index (χ2v) is 5.89. The Labute approximate surface area is 144 Å². The predicted molar refractivity (Wildman–Crippen MR) is 96.9 cm³/mol. The van der Waals surface area contributed by atoms with Gasteiger partial charge in [-0.2, -0.15) is 0 Å². The molecule has 0 fully saturated rings. The molecular weight excluding hydrogens is 315 g/mol. The zero-order valence-electron chi connectivity index (χ0n) is 13.4. The van der Waals surface area contributed by atoms with Crippen molar-refractivity contribution in [2.24, 2.45) is 0 Å². The van der Waals surface area contributed by atoms with E-state index in [0.717, 1.165) is 21.9 Å². The monoisotopic (exact) mass is 330 g/mol. The predicted octanol–water partition coefficient (Wildman–Crippen LogP) is 4.25. The number of hydrogen-bond donors (Lipinski definition) is 0. The highest BCUT2D eigenvalue weighted by Crippen LogP contribution is 2.19. The highest BCUT2D eigenvalue weighted by Gasteiger charge is 2.06. The Balaban J connectivity index is 1.69. The summed E-state index contributed by atoms with van der Waals surface area (Å²) < 4.78 is 14.6. The molecule has 0 aliphatic rings. The van der Waals surface area contributed by atoms with Gasteiger partial charge in [0.1, 0.15) is 5.82 Å². The first-order valence-corrected chi connectivity index (χ1v) is 8.00. The zero-order chi connectivity index (χ0) is 17.2. The molecule has 0 aliphatic carbocycles. The van der Waals surface area contributed by atoms with Crippen LogP contribution in [0.1, 0.15) is 5.56 Å². The summed E-state index contributed by atoms with van der Waals surface area (Å²) in [5, 5.41) is 2.27. The molecule has 3 nitrogen and oxygen atoms in total. The first-order valence-electron chi connectivity index (χ1n) is 8.00. The summed E-state index contributed by atoms with van der Waals surface area (Å²) in [5.74, 6) is -0.312. The van der Waals surface area contributed by atoms with Gasteiger partial charge < -0.3 is 0 Å². The average molecular weight is 330 g/mol. The van der Waals surface area contributed by atoms with E-state index in [9.17, 15) is 9.18 Å². The first-order chi connectivity index (χ1) is 12.2. The van der Waals surface area contributed by atoms with Gasteiger partial charge in [0.2, 0.25) is 0 Å². The van der Waals surface area contributed by atoms with E-state index in [2.05, 4.69) is 23.2 Å². The molecule has 122 valence electrons. The first kappa shape index (κ1) is 15.3. The van der Waals surface area contributed by atoms with Crippen molar-refractivity contribution in [2.45, 2.75) is 6.54 Å². The smallest absolute Gasteiger partial charge is 0.254 e. The van der Waals surface area contributed by atoms with E-state index in [1.165, 1.54) is 18.2 Å². The van der Waals surface area contributed by atoms with Crippen LogP contribution >= 0.6 is 0 Å². The SMILES string of the molecule is O=c1cc(-c2ccc(F)cc2)ncn1Cc1cccc2ccccc12. The molecule has 1 aromatic heterocycles. The van der Waals surface area contributed by atoms with Crippen molar-refractivity contribution >= 4 is 10.8 Å². The fourth-order valence-electron chi connectivity index (χ4n) is 2.94. The van der Waals surface area contributed by atoms with E-state index in [4.69, 9.17) is 0 Å². The van der Waals surface area contributed by atoms with Crippen molar-refractivity contribution in [3.05, 3.63) is 101 Å². The molecule has 0 N–H and O–H groups in total. The molecule has 0 spiro atoms. The van der Waals surface area contributed by atoms with Crippen LogP contribution in [0, 0.1) is 5.82 Å². The summed E-state index contributed by atoms with van der Waals surface area (Å²) >= 11 is 0. The van der Waals surface area contributed by atoms with Crippen LogP contribution in [0.2, 0.25) is 0 Å². The minimum atomic E-state index is -0.312. The van der Waals surface area contributed by atoms with Gasteiger partial charge in [0.05, 0.1) is 18.6 Å². The van der Waals surface area contributed by atoms with E-state index >= 15 is 0 Å². The van der Waals surface area contributed by atoms with E-state index in [-0.39, 0.29) is 11.4 Å². The minimum absolute atomic E-state index is 0.137. The molecule has 3 aromatic carbocycles. The van der Waals surface area contributed by atoms with Crippen LogP contribution < -0.4 is 5.56 Å². The lowest BCUT2D eigenvalue weighted by molar-refractivity contribution is 0.628. The van der Waals surface area contributed by atoms with Crippen LogP contribution in [0.5, 0.6) is 0 Å². The standard InChI is InChI=1S/C21H15FN2O/c22-18-10-8-16(9-11-18)20-12-21(25)24(14-23-20)13-17-6-3-5-15-4-1-2-7-19(15)17/h1-12,14H,13H2. The van der Waals surface area contributed by atoms with Crippen molar-refractivity contribution in [1.29, 1.82) is 0 Å². The van der Waals surface area contributed by atoms with E-state index in [1.54, 1.807) is 23.0 Å². The Kier molecular flexibility index (Phi) is 3.86. The summed E-state index contributed by atoms with van der Waals surface area (Å²) in [4.78, 5) is 16.8. The second-order valence-electron chi connectivity index (χ2n) is 5.89. The third-order valence-corrected chi connectivity index (χ3v) is 4.24. The summed E-state index contributed by atoms with van der Waals surface area (Å²) in [6, 6.07) is 21.6. The van der Waals surface area contributed by atoms with Crippen LogP contribution in [-0.4, -0.2) is 9.55 Å². The average Bonchev–Trinajstić information content (AvgIpc) is 2.64. The maximum Gasteiger partial charge on any atom is 0.254 e. The van der Waals surface area contributed by atoms with Gasteiger partial charge >= 0.3 is 0 Å². The number of aromatic nitrogens is 2. The van der Waals surface area contributed by atoms with E-state index in [1.807, 2.05) is 24.3 Å². The van der Waals surface area contributed by atoms with Crippen molar-refractivity contribution in [3.63, 3.8) is 0 Å². The highest BCUT2D eigenvalue weighted by atomic mass is 19.1. The normalized spacial score (nSPS) is 10.9. The number of fused-ring (bicyclic) bond motifs is 1. The molecule has 0 unspecified atom stereocenters. The molecule has 0 radical (unpaired) electrons. The lowest BCUT2D eigenvalue weighted by Crippen LogP contribution is -2.20. The number of hydrogen-bond acceptors (Lipinski definition) is 2. The van der Waals surface area contributed by atoms with Gasteiger partial charge in [0.25, 0.3) is 5.56 Å². The molecule has 0 atom stereocenters. The van der Waals surface area contributed by atoms with Gasteiger partial charge in [0, 0.05) is 11.6 Å². The number of halogens is 1. The quantitative estimate of drug-likeness (QED) is 0.563. The Hall–Kier alpha value is -3.27. The Bertz CT molecular complexity index is 1100. The lowest BCUT2D eigenvalue weighted by Gasteiger charge is -2.09. The number of rotatable bonds is 3. The Morgan fingerprint density at radius 2 is 1.68 bits per heavy atom. The van der Waals surface area contributed by atoms with E-state index < -0.39 is 0 Å². The molecule has 0 saturated carbocycles.